The molecule has 1 aromatic heterocycles. The number of carbonyl (C=O) groups excluding carboxylic acids is 3. The molecule has 0 bridgehead atoms. The fourth-order valence-corrected chi connectivity index (χ4v) is 4.68. The monoisotopic (exact) mass is 498 g/mol. The van der Waals surface area contributed by atoms with E-state index in [4.69, 9.17) is 0 Å². The number of carbonyl (C=O) groups is 3. The van der Waals surface area contributed by atoms with Crippen LogP contribution in [0.15, 0.2) is 79.0 Å². The second kappa shape index (κ2) is 12.8. The number of hydrogen-bond donors (Lipinski definition) is 2. The summed E-state index contributed by atoms with van der Waals surface area (Å²) >= 11 is 0. The Bertz CT molecular complexity index is 1180. The van der Waals surface area contributed by atoms with Crippen LogP contribution in [0.25, 0.3) is 0 Å². The zero-order chi connectivity index (χ0) is 26.0. The van der Waals surface area contributed by atoms with Gasteiger partial charge in [-0.1, -0.05) is 79.1 Å². The van der Waals surface area contributed by atoms with Gasteiger partial charge >= 0.3 is 0 Å². The van der Waals surface area contributed by atoms with E-state index < -0.39 is 6.04 Å². The molecule has 0 unspecified atom stereocenters. The number of aryl methyl sites for hydroxylation is 1. The van der Waals surface area contributed by atoms with Gasteiger partial charge in [0.2, 0.25) is 17.7 Å². The lowest BCUT2D eigenvalue weighted by atomic mass is 10.0. The van der Waals surface area contributed by atoms with Gasteiger partial charge < -0.3 is 15.5 Å². The highest BCUT2D eigenvalue weighted by Gasteiger charge is 2.33. The molecule has 7 nitrogen and oxygen atoms in total. The first-order valence-electron chi connectivity index (χ1n) is 12.9. The van der Waals surface area contributed by atoms with Crippen molar-refractivity contribution >= 4 is 23.5 Å². The molecule has 1 heterocycles. The third kappa shape index (κ3) is 7.49. The van der Waals surface area contributed by atoms with Gasteiger partial charge in [0.25, 0.3) is 0 Å². The van der Waals surface area contributed by atoms with Crippen molar-refractivity contribution in [1.29, 1.82) is 0 Å². The first-order chi connectivity index (χ1) is 18.0. The van der Waals surface area contributed by atoms with Crippen molar-refractivity contribution in [1.82, 2.24) is 15.2 Å². The predicted molar refractivity (Wildman–Crippen MR) is 143 cm³/mol. The van der Waals surface area contributed by atoms with Crippen molar-refractivity contribution in [3.63, 3.8) is 0 Å². The number of amides is 3. The van der Waals surface area contributed by atoms with Gasteiger partial charge in [-0.2, -0.15) is 0 Å². The predicted octanol–water partition coefficient (Wildman–Crippen LogP) is 4.94. The van der Waals surface area contributed by atoms with Gasteiger partial charge in [0.05, 0.1) is 0 Å². The summed E-state index contributed by atoms with van der Waals surface area (Å²) in [6.45, 7) is 2.25. The first-order valence-corrected chi connectivity index (χ1v) is 12.9. The molecule has 7 heteroatoms. The number of nitrogens with one attached hydrogen (secondary N) is 2. The molecule has 0 saturated heterocycles. The van der Waals surface area contributed by atoms with Crippen molar-refractivity contribution in [2.24, 2.45) is 0 Å². The Kier molecular flexibility index (Phi) is 9.03. The van der Waals surface area contributed by atoms with Crippen LogP contribution in [0.1, 0.15) is 61.3 Å². The SMILES string of the molecule is Cc1ccc([C@@H](C(=O)NC2CCCC2)N(Cc2ccccc2)C(=O)CCC(=O)Nc2ccccn2)cc1. The Hall–Kier alpha value is -4.00. The summed E-state index contributed by atoms with van der Waals surface area (Å²) in [5.74, 6) is -0.297. The van der Waals surface area contributed by atoms with E-state index >= 15 is 0 Å². The van der Waals surface area contributed by atoms with E-state index in [0.717, 1.165) is 42.4 Å². The zero-order valence-corrected chi connectivity index (χ0v) is 21.2. The summed E-state index contributed by atoms with van der Waals surface area (Å²) in [5.41, 5.74) is 2.74. The Morgan fingerprint density at radius 2 is 1.62 bits per heavy atom. The molecule has 3 aromatic rings. The van der Waals surface area contributed by atoms with E-state index in [1.807, 2.05) is 61.5 Å². The number of pyridine rings is 1. The molecule has 37 heavy (non-hydrogen) atoms. The Morgan fingerprint density at radius 3 is 2.30 bits per heavy atom. The van der Waals surface area contributed by atoms with Crippen molar-refractivity contribution in [2.75, 3.05) is 5.32 Å². The zero-order valence-electron chi connectivity index (χ0n) is 21.2. The van der Waals surface area contributed by atoms with Gasteiger partial charge in [-0.3, -0.25) is 14.4 Å². The molecule has 2 N–H and O–H groups in total. The molecule has 2 aromatic carbocycles. The molecule has 3 amide bonds. The molecule has 1 aliphatic carbocycles. The Morgan fingerprint density at radius 1 is 0.919 bits per heavy atom. The number of anilines is 1. The molecule has 1 atom stereocenters. The van der Waals surface area contributed by atoms with Crippen LogP contribution in [0.4, 0.5) is 5.82 Å². The number of rotatable bonds is 10. The van der Waals surface area contributed by atoms with Gasteiger partial charge in [0.15, 0.2) is 0 Å². The Balaban J connectivity index is 1.57. The maximum absolute atomic E-state index is 13.7. The van der Waals surface area contributed by atoms with Gasteiger partial charge in [-0.05, 0) is 43.0 Å². The van der Waals surface area contributed by atoms with Crippen molar-refractivity contribution in [2.45, 2.75) is 64.1 Å². The van der Waals surface area contributed by atoms with Gasteiger partial charge in [0, 0.05) is 31.6 Å². The van der Waals surface area contributed by atoms with Crippen LogP contribution in [0.5, 0.6) is 0 Å². The fourth-order valence-electron chi connectivity index (χ4n) is 4.68. The minimum Gasteiger partial charge on any atom is -0.351 e. The smallest absolute Gasteiger partial charge is 0.247 e. The van der Waals surface area contributed by atoms with Gasteiger partial charge in [0.1, 0.15) is 11.9 Å². The maximum atomic E-state index is 13.7. The summed E-state index contributed by atoms with van der Waals surface area (Å²) < 4.78 is 0. The standard InChI is InChI=1S/C30H34N4O3/c1-22-14-16-24(17-15-22)29(30(37)32-25-11-5-6-12-25)34(21-23-9-3-2-4-10-23)28(36)19-18-27(35)33-26-13-7-8-20-31-26/h2-4,7-10,13-17,20,25,29H,5-6,11-12,18-19,21H2,1H3,(H,32,37)(H,31,33,35)/t29-/m0/s1. The summed E-state index contributed by atoms with van der Waals surface area (Å²) in [5, 5.41) is 5.91. The highest BCUT2D eigenvalue weighted by Crippen LogP contribution is 2.27. The van der Waals surface area contributed by atoms with Crippen LogP contribution < -0.4 is 10.6 Å². The average Bonchev–Trinajstić information content (AvgIpc) is 3.42. The quantitative estimate of drug-likeness (QED) is 0.414. The summed E-state index contributed by atoms with van der Waals surface area (Å²) in [6.07, 6.45) is 5.66. The lowest BCUT2D eigenvalue weighted by Crippen LogP contribution is -2.46. The fraction of sp³-hybridized carbons (Fsp3) is 0.333. The van der Waals surface area contributed by atoms with E-state index in [1.54, 1.807) is 29.3 Å². The molecule has 0 spiro atoms. The second-order valence-electron chi connectivity index (χ2n) is 9.57. The lowest BCUT2D eigenvalue weighted by molar-refractivity contribution is -0.142. The lowest BCUT2D eigenvalue weighted by Gasteiger charge is -2.32. The molecule has 0 aliphatic heterocycles. The van der Waals surface area contributed by atoms with E-state index in [2.05, 4.69) is 15.6 Å². The largest absolute Gasteiger partial charge is 0.351 e. The van der Waals surface area contributed by atoms with Crippen LogP contribution in [0.3, 0.4) is 0 Å². The number of nitrogens with zero attached hydrogens (tertiary/aromatic N) is 2. The third-order valence-corrected chi connectivity index (χ3v) is 6.67. The minimum absolute atomic E-state index is 0.00837. The van der Waals surface area contributed by atoms with E-state index in [0.29, 0.717) is 5.82 Å². The summed E-state index contributed by atoms with van der Waals surface area (Å²) in [4.78, 5) is 45.6. The van der Waals surface area contributed by atoms with E-state index in [9.17, 15) is 14.4 Å². The van der Waals surface area contributed by atoms with Crippen LogP contribution >= 0.6 is 0 Å². The van der Waals surface area contributed by atoms with Crippen LogP contribution in [-0.4, -0.2) is 33.6 Å². The normalized spacial score (nSPS) is 14.1. The van der Waals surface area contributed by atoms with E-state index in [1.165, 1.54) is 0 Å². The van der Waals surface area contributed by atoms with Crippen molar-refractivity contribution < 1.29 is 14.4 Å². The molecule has 1 saturated carbocycles. The molecular formula is C30H34N4O3. The molecule has 1 aliphatic rings. The number of benzene rings is 2. The number of aromatic nitrogens is 1. The Labute approximate surface area is 218 Å². The molecule has 1 fully saturated rings. The molecule has 4 rings (SSSR count). The first kappa shape index (κ1) is 26.1. The van der Waals surface area contributed by atoms with Gasteiger partial charge in [-0.15, -0.1) is 0 Å². The molecular weight excluding hydrogens is 464 g/mol. The van der Waals surface area contributed by atoms with Crippen LogP contribution in [0.2, 0.25) is 0 Å². The molecule has 0 radical (unpaired) electrons. The second-order valence-corrected chi connectivity index (χ2v) is 9.57. The average molecular weight is 499 g/mol. The topological polar surface area (TPSA) is 91.4 Å². The van der Waals surface area contributed by atoms with Crippen LogP contribution in [-0.2, 0) is 20.9 Å². The highest BCUT2D eigenvalue weighted by molar-refractivity contribution is 5.94. The van der Waals surface area contributed by atoms with Crippen molar-refractivity contribution in [3.8, 4) is 0 Å². The van der Waals surface area contributed by atoms with Crippen LogP contribution in [0, 0.1) is 6.92 Å². The molecule has 192 valence electrons. The number of hydrogen-bond acceptors (Lipinski definition) is 4. The van der Waals surface area contributed by atoms with E-state index in [-0.39, 0.29) is 43.1 Å². The minimum atomic E-state index is -0.798. The van der Waals surface area contributed by atoms with Crippen molar-refractivity contribution in [3.05, 3.63) is 95.7 Å². The van der Waals surface area contributed by atoms with Gasteiger partial charge in [-0.25, -0.2) is 4.98 Å². The highest BCUT2D eigenvalue weighted by atomic mass is 16.2. The maximum Gasteiger partial charge on any atom is 0.247 e. The summed E-state index contributed by atoms with van der Waals surface area (Å²) in [6, 6.07) is 21.9. The third-order valence-electron chi connectivity index (χ3n) is 6.67. The summed E-state index contributed by atoms with van der Waals surface area (Å²) in [7, 11) is 0.